The highest BCUT2D eigenvalue weighted by Gasteiger charge is 2.21. The van der Waals surface area contributed by atoms with Crippen LogP contribution in [0.15, 0.2) is 42.5 Å². The lowest BCUT2D eigenvalue weighted by Gasteiger charge is -2.36. The van der Waals surface area contributed by atoms with E-state index >= 15 is 0 Å². The molecule has 1 N–H and O–H groups in total. The third kappa shape index (κ3) is 2.08. The van der Waals surface area contributed by atoms with Crippen molar-refractivity contribution in [3.05, 3.63) is 42.5 Å². The summed E-state index contributed by atoms with van der Waals surface area (Å²) in [6.45, 7) is 1.32. The molecule has 18 heavy (non-hydrogen) atoms. The first kappa shape index (κ1) is 11.5. The number of rotatable bonds is 2. The standard InChI is InChI=1S/C16H19NO/c18-12-16-7-3-4-10-17(16)15-9-8-13-5-1-2-6-14(13)11-15/h1-2,5-6,8-9,11,16,18H,3-4,7,10,12H2. The molecule has 1 unspecified atom stereocenters. The Labute approximate surface area is 108 Å². The third-order valence-corrected chi connectivity index (χ3v) is 3.90. The molecule has 1 heterocycles. The molecule has 0 spiro atoms. The second-order valence-corrected chi connectivity index (χ2v) is 5.06. The van der Waals surface area contributed by atoms with E-state index in [0.29, 0.717) is 6.04 Å². The molecule has 2 aromatic carbocycles. The number of benzene rings is 2. The minimum Gasteiger partial charge on any atom is -0.394 e. The number of aliphatic hydroxyl groups excluding tert-OH is 1. The van der Waals surface area contributed by atoms with Gasteiger partial charge in [-0.05, 0) is 42.2 Å². The number of piperidine rings is 1. The normalized spacial score (nSPS) is 20.3. The molecule has 1 saturated heterocycles. The molecule has 1 fully saturated rings. The van der Waals surface area contributed by atoms with Crippen molar-refractivity contribution in [2.75, 3.05) is 18.1 Å². The first-order chi connectivity index (χ1) is 8.88. The largest absolute Gasteiger partial charge is 0.394 e. The van der Waals surface area contributed by atoms with Gasteiger partial charge in [0.1, 0.15) is 0 Å². The summed E-state index contributed by atoms with van der Waals surface area (Å²) in [4.78, 5) is 2.36. The van der Waals surface area contributed by atoms with E-state index in [-0.39, 0.29) is 6.61 Å². The summed E-state index contributed by atoms with van der Waals surface area (Å²) in [5, 5.41) is 12.0. The van der Waals surface area contributed by atoms with Crippen LogP contribution in [0, 0.1) is 0 Å². The van der Waals surface area contributed by atoms with Crippen molar-refractivity contribution in [1.82, 2.24) is 0 Å². The van der Waals surface area contributed by atoms with Crippen molar-refractivity contribution >= 4 is 16.5 Å². The summed E-state index contributed by atoms with van der Waals surface area (Å²) in [5.41, 5.74) is 1.24. The van der Waals surface area contributed by atoms with Crippen molar-refractivity contribution < 1.29 is 5.11 Å². The van der Waals surface area contributed by atoms with Crippen LogP contribution in [0.2, 0.25) is 0 Å². The van der Waals surface area contributed by atoms with E-state index in [1.807, 2.05) is 0 Å². The second-order valence-electron chi connectivity index (χ2n) is 5.06. The number of fused-ring (bicyclic) bond motifs is 1. The lowest BCUT2D eigenvalue weighted by molar-refractivity contribution is 0.240. The Balaban J connectivity index is 1.97. The first-order valence-electron chi connectivity index (χ1n) is 6.75. The van der Waals surface area contributed by atoms with Gasteiger partial charge in [-0.15, -0.1) is 0 Å². The fourth-order valence-electron chi connectivity index (χ4n) is 2.89. The zero-order valence-corrected chi connectivity index (χ0v) is 10.5. The summed E-state index contributed by atoms with van der Waals surface area (Å²) in [6.07, 6.45) is 3.56. The Kier molecular flexibility index (Phi) is 3.20. The van der Waals surface area contributed by atoms with Crippen molar-refractivity contribution in [1.29, 1.82) is 0 Å². The SMILES string of the molecule is OCC1CCCCN1c1ccc2ccccc2c1. The molecule has 0 radical (unpaired) electrons. The molecular formula is C16H19NO. The van der Waals surface area contributed by atoms with Gasteiger partial charge in [-0.2, -0.15) is 0 Å². The molecule has 1 aliphatic heterocycles. The molecule has 2 aromatic rings. The van der Waals surface area contributed by atoms with Crippen LogP contribution in [0.5, 0.6) is 0 Å². The fraction of sp³-hybridized carbons (Fsp3) is 0.375. The molecule has 0 amide bonds. The smallest absolute Gasteiger partial charge is 0.0635 e. The number of aliphatic hydroxyl groups is 1. The van der Waals surface area contributed by atoms with Crippen molar-refractivity contribution in [3.8, 4) is 0 Å². The molecule has 0 aliphatic carbocycles. The maximum Gasteiger partial charge on any atom is 0.0635 e. The minimum atomic E-state index is 0.257. The van der Waals surface area contributed by atoms with Crippen molar-refractivity contribution in [2.24, 2.45) is 0 Å². The number of hydrogen-bond donors (Lipinski definition) is 1. The van der Waals surface area contributed by atoms with Crippen molar-refractivity contribution in [3.63, 3.8) is 0 Å². The van der Waals surface area contributed by atoms with E-state index in [4.69, 9.17) is 0 Å². The molecule has 2 nitrogen and oxygen atoms in total. The number of anilines is 1. The Morgan fingerprint density at radius 2 is 1.89 bits per heavy atom. The topological polar surface area (TPSA) is 23.5 Å². The average molecular weight is 241 g/mol. The average Bonchev–Trinajstić information content (AvgIpc) is 2.46. The summed E-state index contributed by atoms with van der Waals surface area (Å²) < 4.78 is 0. The van der Waals surface area contributed by atoms with Crippen LogP contribution in [0.4, 0.5) is 5.69 Å². The van der Waals surface area contributed by atoms with Gasteiger partial charge in [0, 0.05) is 12.2 Å². The predicted molar refractivity (Wildman–Crippen MR) is 76.0 cm³/mol. The highest BCUT2D eigenvalue weighted by atomic mass is 16.3. The predicted octanol–water partition coefficient (Wildman–Crippen LogP) is 3.19. The molecular weight excluding hydrogens is 222 g/mol. The van der Waals surface area contributed by atoms with Gasteiger partial charge < -0.3 is 10.0 Å². The summed E-state index contributed by atoms with van der Waals surface area (Å²) in [7, 11) is 0. The van der Waals surface area contributed by atoms with E-state index in [0.717, 1.165) is 13.0 Å². The van der Waals surface area contributed by atoms with E-state index in [2.05, 4.69) is 47.4 Å². The van der Waals surface area contributed by atoms with E-state index < -0.39 is 0 Å². The van der Waals surface area contributed by atoms with Crippen LogP contribution in [-0.4, -0.2) is 24.3 Å². The monoisotopic (exact) mass is 241 g/mol. The van der Waals surface area contributed by atoms with Crippen LogP contribution in [0.1, 0.15) is 19.3 Å². The van der Waals surface area contributed by atoms with Gasteiger partial charge in [-0.3, -0.25) is 0 Å². The first-order valence-corrected chi connectivity index (χ1v) is 6.75. The van der Waals surface area contributed by atoms with Crippen LogP contribution in [-0.2, 0) is 0 Å². The van der Waals surface area contributed by atoms with Crippen LogP contribution < -0.4 is 4.90 Å². The molecule has 0 bridgehead atoms. The molecule has 2 heteroatoms. The molecule has 1 atom stereocenters. The molecule has 1 aliphatic rings. The van der Waals surface area contributed by atoms with Crippen LogP contribution in [0.3, 0.4) is 0 Å². The fourth-order valence-corrected chi connectivity index (χ4v) is 2.89. The van der Waals surface area contributed by atoms with Gasteiger partial charge in [0.2, 0.25) is 0 Å². The van der Waals surface area contributed by atoms with Gasteiger partial charge in [0.15, 0.2) is 0 Å². The zero-order valence-electron chi connectivity index (χ0n) is 10.5. The van der Waals surface area contributed by atoms with Crippen LogP contribution >= 0.6 is 0 Å². The number of hydrogen-bond acceptors (Lipinski definition) is 2. The quantitative estimate of drug-likeness (QED) is 0.872. The molecule has 94 valence electrons. The van der Waals surface area contributed by atoms with Gasteiger partial charge in [0.25, 0.3) is 0 Å². The van der Waals surface area contributed by atoms with E-state index in [9.17, 15) is 5.11 Å². The van der Waals surface area contributed by atoms with Crippen molar-refractivity contribution in [2.45, 2.75) is 25.3 Å². The Hall–Kier alpha value is -1.54. The lowest BCUT2D eigenvalue weighted by atomic mass is 10.0. The summed E-state index contributed by atoms with van der Waals surface area (Å²) in [5.74, 6) is 0. The maximum absolute atomic E-state index is 9.49. The van der Waals surface area contributed by atoms with Gasteiger partial charge in [-0.25, -0.2) is 0 Å². The highest BCUT2D eigenvalue weighted by molar-refractivity contribution is 5.85. The Morgan fingerprint density at radius 3 is 2.72 bits per heavy atom. The van der Waals surface area contributed by atoms with Gasteiger partial charge in [-0.1, -0.05) is 30.3 Å². The Morgan fingerprint density at radius 1 is 1.06 bits per heavy atom. The van der Waals surface area contributed by atoms with Crippen LogP contribution in [0.25, 0.3) is 10.8 Å². The van der Waals surface area contributed by atoms with E-state index in [1.165, 1.54) is 29.3 Å². The Bertz CT molecular complexity index is 537. The lowest BCUT2D eigenvalue weighted by Crippen LogP contribution is -2.41. The highest BCUT2D eigenvalue weighted by Crippen LogP contribution is 2.27. The molecule has 0 aromatic heterocycles. The number of nitrogens with zero attached hydrogens (tertiary/aromatic N) is 1. The van der Waals surface area contributed by atoms with Gasteiger partial charge in [0.05, 0.1) is 12.6 Å². The third-order valence-electron chi connectivity index (χ3n) is 3.90. The molecule has 3 rings (SSSR count). The summed E-state index contributed by atoms with van der Waals surface area (Å²) >= 11 is 0. The van der Waals surface area contributed by atoms with E-state index in [1.54, 1.807) is 0 Å². The second kappa shape index (κ2) is 4.99. The van der Waals surface area contributed by atoms with Gasteiger partial charge >= 0.3 is 0 Å². The zero-order chi connectivity index (χ0) is 12.4. The molecule has 0 saturated carbocycles. The summed E-state index contributed by atoms with van der Waals surface area (Å²) in [6, 6.07) is 15.3. The maximum atomic E-state index is 9.49. The minimum absolute atomic E-state index is 0.257.